The van der Waals surface area contributed by atoms with Crippen LogP contribution in [0.3, 0.4) is 0 Å². The third-order valence-corrected chi connectivity index (χ3v) is 0.934. The second-order valence-electron chi connectivity index (χ2n) is 1.53. The Balaban J connectivity index is 4.05. The van der Waals surface area contributed by atoms with Gasteiger partial charge in [-0.15, -0.1) is 0 Å². The maximum Gasteiger partial charge on any atom is 0.0645 e. The number of hydrogen-bond acceptors (Lipinski definition) is 1. The number of benzene rings is 1. The van der Waals surface area contributed by atoms with E-state index in [1.165, 1.54) is 0 Å². The van der Waals surface area contributed by atoms with E-state index in [1.54, 1.807) is 0 Å². The Morgan fingerprint density at radius 2 is 2.00 bits per heavy atom. The van der Waals surface area contributed by atoms with Crippen molar-refractivity contribution in [1.29, 1.82) is 0 Å². The summed E-state index contributed by atoms with van der Waals surface area (Å²) in [5.41, 5.74) is -1.20. The van der Waals surface area contributed by atoms with Crippen LogP contribution in [-0.2, 0) is 0 Å². The summed E-state index contributed by atoms with van der Waals surface area (Å²) in [7, 11) is 0. The van der Waals surface area contributed by atoms with Gasteiger partial charge in [0.2, 0.25) is 0 Å². The van der Waals surface area contributed by atoms with Gasteiger partial charge >= 0.3 is 0 Å². The van der Waals surface area contributed by atoms with Gasteiger partial charge in [-0.3, -0.25) is 0 Å². The second kappa shape index (κ2) is 4.02. The molecule has 0 fully saturated rings. The molecule has 0 heterocycles. The number of hydrogen-bond donors (Lipinski definition) is 0. The Morgan fingerprint density at radius 3 is 2.55 bits per heavy atom. The summed E-state index contributed by atoms with van der Waals surface area (Å²) in [6, 6.07) is -5.12. The molecule has 1 heteroatoms. The van der Waals surface area contributed by atoms with Crippen LogP contribution in [0.4, 0.5) is 5.69 Å². The van der Waals surface area contributed by atoms with Crippen molar-refractivity contribution in [3.63, 3.8) is 0 Å². The highest BCUT2D eigenvalue weighted by Gasteiger charge is 1.97. The molecule has 0 N–H and O–H groups in total. The molecule has 0 aliphatic heterocycles. The molecule has 11 heavy (non-hydrogen) atoms. The van der Waals surface area contributed by atoms with Crippen LogP contribution < -0.4 is 4.90 Å². The number of rotatable bonds is 3. The van der Waals surface area contributed by atoms with E-state index in [1.807, 2.05) is 0 Å². The molecule has 0 bridgehead atoms. The van der Waals surface area contributed by atoms with E-state index in [-0.39, 0.29) is 0 Å². The molecular formula is C10H15N. The van der Waals surface area contributed by atoms with Crippen LogP contribution in [0.1, 0.15) is 34.3 Å². The quantitative estimate of drug-likeness (QED) is 0.663. The van der Waals surface area contributed by atoms with Crippen LogP contribution in [0.5, 0.6) is 0 Å². The van der Waals surface area contributed by atoms with E-state index in [9.17, 15) is 0 Å². The first-order chi connectivity index (χ1) is 11.3. The van der Waals surface area contributed by atoms with Crippen LogP contribution >= 0.6 is 0 Å². The number of para-hydroxylation sites is 1. The standard InChI is InChI=1S/C10H15N/c1-3-11(4-2)10-8-6-5-7-9-10/h5-9H,3-4H2,1-2H3/i1D3,2D3,3D2,4D2,5D,6D,7D,8D,9D. The van der Waals surface area contributed by atoms with Crippen molar-refractivity contribution in [3.8, 4) is 0 Å². The Labute approximate surface area is 89.7 Å². The summed E-state index contributed by atoms with van der Waals surface area (Å²) < 4.78 is 113. The minimum Gasteiger partial charge on any atom is -0.372 e. The highest BCUT2D eigenvalue weighted by Crippen LogP contribution is 2.11. The van der Waals surface area contributed by atoms with Gasteiger partial charge in [0.05, 0.1) is 6.85 Å². The summed E-state index contributed by atoms with van der Waals surface area (Å²) >= 11 is 0. The predicted octanol–water partition coefficient (Wildman–Crippen LogP) is 2.53. The van der Waals surface area contributed by atoms with Gasteiger partial charge in [-0.05, 0) is 25.8 Å². The molecule has 0 amide bonds. The lowest BCUT2D eigenvalue weighted by Gasteiger charge is -2.20. The van der Waals surface area contributed by atoms with E-state index in [0.29, 0.717) is 0 Å². The molecule has 0 aliphatic rings. The molecule has 0 saturated carbocycles. The molecule has 0 atom stereocenters. The van der Waals surface area contributed by atoms with E-state index >= 15 is 0 Å². The van der Waals surface area contributed by atoms with E-state index < -0.39 is 67.5 Å². The van der Waals surface area contributed by atoms with E-state index in [2.05, 4.69) is 0 Å². The molecule has 0 saturated heterocycles. The normalized spacial score (nSPS) is 34.4. The zero-order chi connectivity index (χ0) is 21.0. The molecule has 1 rings (SSSR count). The fourth-order valence-corrected chi connectivity index (χ4v) is 0.495. The molecular weight excluding hydrogens is 134 g/mol. The van der Waals surface area contributed by atoms with Gasteiger partial charge in [0.15, 0.2) is 0 Å². The molecule has 0 unspecified atom stereocenters. The van der Waals surface area contributed by atoms with Crippen molar-refractivity contribution < 1.29 is 20.6 Å². The van der Waals surface area contributed by atoms with Gasteiger partial charge in [0.25, 0.3) is 0 Å². The summed E-state index contributed by atoms with van der Waals surface area (Å²) in [6.07, 6.45) is 0. The molecule has 1 aromatic rings. The average molecular weight is 164 g/mol. The third kappa shape index (κ3) is 1.97. The predicted molar refractivity (Wildman–Crippen MR) is 50.0 cm³/mol. The van der Waals surface area contributed by atoms with Crippen LogP contribution in [0.25, 0.3) is 0 Å². The maximum atomic E-state index is 7.82. The first-order valence-corrected chi connectivity index (χ1v) is 2.67. The number of anilines is 1. The van der Waals surface area contributed by atoms with Gasteiger partial charge in [0.1, 0.15) is 0 Å². The topological polar surface area (TPSA) is 3.24 Å². The summed E-state index contributed by atoms with van der Waals surface area (Å²) in [4.78, 5) is -0.403. The highest BCUT2D eigenvalue weighted by atomic mass is 15.1. The summed E-state index contributed by atoms with van der Waals surface area (Å²) in [6.45, 7) is -14.6. The molecule has 0 aromatic heterocycles. The Morgan fingerprint density at radius 1 is 1.36 bits per heavy atom. The van der Waals surface area contributed by atoms with Gasteiger partial charge in [-0.1, -0.05) is 18.1 Å². The first kappa shape index (κ1) is 1.30. The Hall–Kier alpha value is -0.980. The summed E-state index contributed by atoms with van der Waals surface area (Å²) in [5.74, 6) is 0. The van der Waals surface area contributed by atoms with Crippen molar-refractivity contribution in [1.82, 2.24) is 0 Å². The second-order valence-corrected chi connectivity index (χ2v) is 1.53. The first-order valence-electron chi connectivity index (χ1n) is 10.2. The minimum absolute atomic E-state index is 0.403. The average Bonchev–Trinajstić information content (AvgIpc) is 2.44. The largest absolute Gasteiger partial charge is 0.372 e. The fourth-order valence-electron chi connectivity index (χ4n) is 0.495. The van der Waals surface area contributed by atoms with Crippen molar-refractivity contribution in [2.45, 2.75) is 13.7 Å². The lowest BCUT2D eigenvalue weighted by Crippen LogP contribution is -2.21. The van der Waals surface area contributed by atoms with Crippen LogP contribution in [0.2, 0.25) is 0 Å². The van der Waals surface area contributed by atoms with Gasteiger partial charge in [-0.25, -0.2) is 0 Å². The lowest BCUT2D eigenvalue weighted by molar-refractivity contribution is 0.866. The fraction of sp³-hybridized carbons (Fsp3) is 0.400. The Bertz CT molecular complexity index is 645. The molecule has 1 nitrogen and oxygen atoms in total. The monoisotopic (exact) mass is 164 g/mol. The molecule has 60 valence electrons. The van der Waals surface area contributed by atoms with E-state index in [4.69, 9.17) is 20.6 Å². The van der Waals surface area contributed by atoms with E-state index in [0.717, 1.165) is 0 Å². The third-order valence-electron chi connectivity index (χ3n) is 0.934. The van der Waals surface area contributed by atoms with Gasteiger partial charge in [-0.2, -0.15) is 0 Å². The van der Waals surface area contributed by atoms with Gasteiger partial charge in [0, 0.05) is 32.4 Å². The molecule has 0 radical (unpaired) electrons. The molecule has 0 aliphatic carbocycles. The van der Waals surface area contributed by atoms with Crippen molar-refractivity contribution in [3.05, 3.63) is 30.2 Å². The Kier molecular flexibility index (Phi) is 0.475. The lowest BCUT2D eigenvalue weighted by atomic mass is 10.3. The van der Waals surface area contributed by atoms with Crippen molar-refractivity contribution >= 4 is 5.69 Å². The van der Waals surface area contributed by atoms with Crippen LogP contribution in [0.15, 0.2) is 30.2 Å². The maximum absolute atomic E-state index is 7.82. The zero-order valence-corrected chi connectivity index (χ0v) is 5.45. The number of nitrogens with zero attached hydrogens (tertiary/aromatic N) is 1. The van der Waals surface area contributed by atoms with Crippen LogP contribution in [0, 0.1) is 0 Å². The highest BCUT2D eigenvalue weighted by molar-refractivity contribution is 5.45. The van der Waals surface area contributed by atoms with Gasteiger partial charge < -0.3 is 4.90 Å². The van der Waals surface area contributed by atoms with Crippen molar-refractivity contribution in [2.75, 3.05) is 17.9 Å². The van der Waals surface area contributed by atoms with Crippen molar-refractivity contribution in [2.24, 2.45) is 0 Å². The molecule has 0 spiro atoms. The molecule has 1 aromatic carbocycles. The summed E-state index contributed by atoms with van der Waals surface area (Å²) in [5, 5.41) is 0. The van der Waals surface area contributed by atoms with Crippen LogP contribution in [-0.4, -0.2) is 13.0 Å². The SMILES string of the molecule is [2H]c1c([2H])c([2H])c(N(C([2H])([2H])C([2H])([2H])[2H])C([2H])([2H])C([2H])([2H])[2H])c([2H])c1[2H]. The zero-order valence-electron chi connectivity index (χ0n) is 20.4. The smallest absolute Gasteiger partial charge is 0.0645 e. The minimum atomic E-state index is -3.71.